The Morgan fingerprint density at radius 2 is 1.90 bits per heavy atom. The summed E-state index contributed by atoms with van der Waals surface area (Å²) in [6.07, 6.45) is 1.15. The summed E-state index contributed by atoms with van der Waals surface area (Å²) in [6.45, 7) is 8.59. The molecule has 0 saturated carbocycles. The highest BCUT2D eigenvalue weighted by atomic mass is 35.5. The fraction of sp³-hybridized carbons (Fsp3) is 0.533. The van der Waals surface area contributed by atoms with E-state index in [2.05, 4.69) is 10.2 Å². The highest BCUT2D eigenvalue weighted by molar-refractivity contribution is 6.33. The van der Waals surface area contributed by atoms with E-state index in [4.69, 9.17) is 31.7 Å². The summed E-state index contributed by atoms with van der Waals surface area (Å²) in [7, 11) is 5.31. The number of aromatic nitrogens is 2. The maximum absolute atomic E-state index is 12.4. The molecule has 228 valence electrons. The molecule has 0 unspecified atom stereocenters. The smallest absolute Gasteiger partial charge is 0.319 e. The van der Waals surface area contributed by atoms with Crippen molar-refractivity contribution in [2.45, 2.75) is 39.7 Å². The van der Waals surface area contributed by atoms with Gasteiger partial charge in [0.05, 0.1) is 16.3 Å². The van der Waals surface area contributed by atoms with Crippen LogP contribution in [0.2, 0.25) is 5.02 Å². The van der Waals surface area contributed by atoms with Gasteiger partial charge in [0.25, 0.3) is 0 Å². The predicted octanol–water partition coefficient (Wildman–Crippen LogP) is 3.98. The normalized spacial score (nSPS) is 17.4. The molecule has 42 heavy (non-hydrogen) atoms. The SMILES string of the molecule is CNC[C@@H](O)COc1ccc(Cl)c(-c2nc(/C(C(C)=N)=C(\C)O)c(C)c(N3CC4(CCN(C(=O)N(C)C)CC4)C3)n2)c1. The molecule has 0 aliphatic carbocycles. The molecule has 0 radical (unpaired) electrons. The van der Waals surface area contributed by atoms with E-state index in [0.29, 0.717) is 40.0 Å². The number of likely N-dealkylation sites (N-methyl/N-ethyl adjacent to an activating group) is 1. The van der Waals surface area contributed by atoms with Gasteiger partial charge in [-0.15, -0.1) is 0 Å². The van der Waals surface area contributed by atoms with Crippen LogP contribution in [0.15, 0.2) is 24.0 Å². The van der Waals surface area contributed by atoms with Gasteiger partial charge in [0.15, 0.2) is 5.82 Å². The number of urea groups is 1. The summed E-state index contributed by atoms with van der Waals surface area (Å²) >= 11 is 6.65. The molecular weight excluding hydrogens is 558 g/mol. The number of hydrogen-bond acceptors (Lipinski definition) is 9. The van der Waals surface area contributed by atoms with Crippen molar-refractivity contribution < 1.29 is 19.7 Å². The zero-order valence-electron chi connectivity index (χ0n) is 25.3. The first-order valence-corrected chi connectivity index (χ1v) is 14.5. The van der Waals surface area contributed by atoms with Crippen molar-refractivity contribution >= 4 is 34.7 Å². The third kappa shape index (κ3) is 6.63. The number of aliphatic hydroxyl groups excluding tert-OH is 2. The average Bonchev–Trinajstić information content (AvgIpc) is 2.92. The van der Waals surface area contributed by atoms with Gasteiger partial charge in [-0.3, -0.25) is 0 Å². The Kier molecular flexibility index (Phi) is 9.64. The van der Waals surface area contributed by atoms with Gasteiger partial charge >= 0.3 is 6.03 Å². The molecule has 1 aromatic carbocycles. The number of nitrogens with zero attached hydrogens (tertiary/aromatic N) is 5. The number of benzene rings is 1. The molecule has 1 aromatic heterocycles. The summed E-state index contributed by atoms with van der Waals surface area (Å²) in [5, 5.41) is 32.3. The molecular formula is C30H42ClN7O4. The number of piperidine rings is 1. The number of anilines is 1. The molecule has 2 fully saturated rings. The first-order valence-electron chi connectivity index (χ1n) is 14.2. The largest absolute Gasteiger partial charge is 0.512 e. The van der Waals surface area contributed by atoms with Crippen LogP contribution < -0.4 is 15.0 Å². The Hall–Kier alpha value is -3.41. The molecule has 2 aromatic rings. The minimum absolute atomic E-state index is 0.000845. The monoisotopic (exact) mass is 599 g/mol. The van der Waals surface area contributed by atoms with Crippen molar-refractivity contribution in [3.63, 3.8) is 0 Å². The zero-order valence-corrected chi connectivity index (χ0v) is 26.0. The lowest BCUT2D eigenvalue weighted by molar-refractivity contribution is 0.0810. The molecule has 2 aliphatic heterocycles. The number of rotatable bonds is 9. The van der Waals surface area contributed by atoms with Crippen LogP contribution in [0.1, 0.15) is 37.9 Å². The highest BCUT2D eigenvalue weighted by Gasteiger charge is 2.46. The van der Waals surface area contributed by atoms with E-state index >= 15 is 0 Å². The molecule has 11 nitrogen and oxygen atoms in total. The number of carbonyl (C=O) groups excluding carboxylic acids is 1. The lowest BCUT2D eigenvalue weighted by atomic mass is 9.72. The number of aliphatic hydroxyl groups is 2. The fourth-order valence-electron chi connectivity index (χ4n) is 5.73. The third-order valence-corrected chi connectivity index (χ3v) is 8.31. The van der Waals surface area contributed by atoms with Gasteiger partial charge in [0, 0.05) is 69.1 Å². The Bertz CT molecular complexity index is 1360. The number of hydrogen-bond donors (Lipinski definition) is 4. The quantitative estimate of drug-likeness (QED) is 0.251. The number of ether oxygens (including phenoxy) is 1. The van der Waals surface area contributed by atoms with Crippen LogP contribution in [0.3, 0.4) is 0 Å². The second-order valence-electron chi connectivity index (χ2n) is 11.6. The van der Waals surface area contributed by atoms with E-state index in [0.717, 1.165) is 50.4 Å². The maximum Gasteiger partial charge on any atom is 0.319 e. The third-order valence-electron chi connectivity index (χ3n) is 7.98. The Labute approximate surface area is 252 Å². The summed E-state index contributed by atoms with van der Waals surface area (Å²) in [5.41, 5.74) is 2.42. The van der Waals surface area contributed by atoms with E-state index in [9.17, 15) is 15.0 Å². The summed E-state index contributed by atoms with van der Waals surface area (Å²) in [5.74, 6) is 1.58. The van der Waals surface area contributed by atoms with Crippen molar-refractivity contribution in [3.05, 3.63) is 40.2 Å². The van der Waals surface area contributed by atoms with Gasteiger partial charge in [-0.05, 0) is 58.9 Å². The summed E-state index contributed by atoms with van der Waals surface area (Å²) in [4.78, 5) is 27.9. The lowest BCUT2D eigenvalue weighted by Crippen LogP contribution is -2.61. The van der Waals surface area contributed by atoms with Crippen LogP contribution in [-0.4, -0.2) is 108 Å². The second kappa shape index (κ2) is 12.8. The summed E-state index contributed by atoms with van der Waals surface area (Å²) in [6, 6.07) is 5.22. The van der Waals surface area contributed by atoms with Crippen LogP contribution in [0.25, 0.3) is 17.0 Å². The number of nitrogens with one attached hydrogen (secondary N) is 2. The van der Waals surface area contributed by atoms with Crippen molar-refractivity contribution in [2.75, 3.05) is 65.4 Å². The first-order chi connectivity index (χ1) is 19.9. The van der Waals surface area contributed by atoms with Crippen molar-refractivity contribution in [3.8, 4) is 17.1 Å². The van der Waals surface area contributed by atoms with E-state index < -0.39 is 6.10 Å². The molecule has 1 atom stereocenters. The fourth-order valence-corrected chi connectivity index (χ4v) is 5.94. The molecule has 2 amide bonds. The minimum Gasteiger partial charge on any atom is -0.512 e. The number of halogens is 1. The number of carbonyl (C=O) groups is 1. The standard InChI is InChI=1S/C30H42ClN7O4/c1-18-26(25(19(2)32)20(3)39)34-27(23-13-22(7-8-24(23)31)42-15-21(40)14-33-4)35-28(18)38-16-30(17-38)9-11-37(12-10-30)29(41)36(5)6/h7-8,13,21,32-33,39-40H,9-12,14-17H2,1-6H3/b25-20+,32-19?/t21-/m1/s1. The summed E-state index contributed by atoms with van der Waals surface area (Å²) < 4.78 is 5.81. The van der Waals surface area contributed by atoms with Gasteiger partial charge in [0.1, 0.15) is 30.0 Å². The Morgan fingerprint density at radius 3 is 2.48 bits per heavy atom. The topological polar surface area (TPSA) is 138 Å². The molecule has 2 saturated heterocycles. The molecule has 4 rings (SSSR count). The van der Waals surface area contributed by atoms with E-state index in [1.807, 2.05) is 11.8 Å². The van der Waals surface area contributed by atoms with Crippen LogP contribution in [0.4, 0.5) is 10.6 Å². The second-order valence-corrected chi connectivity index (χ2v) is 12.0. The molecule has 0 bridgehead atoms. The van der Waals surface area contributed by atoms with Gasteiger partial charge < -0.3 is 40.4 Å². The van der Waals surface area contributed by atoms with E-state index in [1.165, 1.54) is 0 Å². The molecule has 1 spiro atoms. The van der Waals surface area contributed by atoms with Gasteiger partial charge in [-0.1, -0.05) is 11.6 Å². The Morgan fingerprint density at radius 1 is 1.24 bits per heavy atom. The lowest BCUT2D eigenvalue weighted by Gasteiger charge is -2.54. The number of allylic oxidation sites excluding steroid dienone is 2. The molecule has 3 heterocycles. The zero-order chi connectivity index (χ0) is 30.8. The van der Waals surface area contributed by atoms with Crippen LogP contribution in [0.5, 0.6) is 5.75 Å². The van der Waals surface area contributed by atoms with Crippen molar-refractivity contribution in [1.82, 2.24) is 25.1 Å². The molecule has 4 N–H and O–H groups in total. The minimum atomic E-state index is -0.676. The average molecular weight is 600 g/mol. The number of amides is 2. The molecule has 12 heteroatoms. The van der Waals surface area contributed by atoms with Gasteiger partial charge in [0.2, 0.25) is 0 Å². The van der Waals surface area contributed by atoms with E-state index in [-0.39, 0.29) is 29.5 Å². The highest BCUT2D eigenvalue weighted by Crippen LogP contribution is 2.44. The van der Waals surface area contributed by atoms with Gasteiger partial charge in [-0.2, -0.15) is 0 Å². The maximum atomic E-state index is 12.4. The molecule has 2 aliphatic rings. The van der Waals surface area contributed by atoms with Crippen molar-refractivity contribution in [2.24, 2.45) is 5.41 Å². The van der Waals surface area contributed by atoms with Crippen LogP contribution in [0, 0.1) is 17.7 Å². The first kappa shape index (κ1) is 31.5. The Balaban J connectivity index is 1.68. The number of likely N-dealkylation sites (tertiary alicyclic amines) is 1. The van der Waals surface area contributed by atoms with Crippen molar-refractivity contribution in [1.29, 1.82) is 5.41 Å². The van der Waals surface area contributed by atoms with Crippen LogP contribution >= 0.6 is 11.6 Å². The van der Waals surface area contributed by atoms with Crippen LogP contribution in [-0.2, 0) is 0 Å². The predicted molar refractivity (Wildman–Crippen MR) is 166 cm³/mol. The van der Waals surface area contributed by atoms with Gasteiger partial charge in [-0.25, -0.2) is 14.8 Å². The van der Waals surface area contributed by atoms with E-state index in [1.54, 1.807) is 58.1 Å².